The maximum absolute atomic E-state index is 11.8. The van der Waals surface area contributed by atoms with Crippen LogP contribution in [0.15, 0.2) is 22.7 Å². The van der Waals surface area contributed by atoms with Gasteiger partial charge in [-0.2, -0.15) is 0 Å². The van der Waals surface area contributed by atoms with Crippen LogP contribution >= 0.6 is 15.9 Å². The number of carbonyl (C=O) groups excluding carboxylic acids is 1. The summed E-state index contributed by atoms with van der Waals surface area (Å²) >= 11 is 3.34. The summed E-state index contributed by atoms with van der Waals surface area (Å²) in [5.74, 6) is -0.0385. The van der Waals surface area contributed by atoms with Crippen molar-refractivity contribution in [2.75, 3.05) is 13.2 Å². The molecular formula is C12H16BrNO2. The molecule has 16 heavy (non-hydrogen) atoms. The number of aliphatic hydroxyl groups excluding tert-OH is 1. The fourth-order valence-corrected chi connectivity index (χ4v) is 1.67. The molecule has 0 aliphatic carbocycles. The van der Waals surface area contributed by atoms with Crippen LogP contribution in [-0.4, -0.2) is 24.2 Å². The van der Waals surface area contributed by atoms with Crippen molar-refractivity contribution >= 4 is 21.8 Å². The predicted molar refractivity (Wildman–Crippen MR) is 67.5 cm³/mol. The van der Waals surface area contributed by atoms with Gasteiger partial charge in [-0.25, -0.2) is 0 Å². The van der Waals surface area contributed by atoms with Gasteiger partial charge in [0.25, 0.3) is 5.91 Å². The largest absolute Gasteiger partial charge is 0.396 e. The number of aliphatic hydroxyl groups is 1. The van der Waals surface area contributed by atoms with Gasteiger partial charge in [0.15, 0.2) is 0 Å². The molecule has 1 aromatic rings. The summed E-state index contributed by atoms with van der Waals surface area (Å²) in [4.78, 5) is 11.8. The predicted octanol–water partition coefficient (Wildman–Crippen LogP) is 2.12. The Morgan fingerprint density at radius 2 is 2.25 bits per heavy atom. The fraction of sp³-hybridized carbons (Fsp3) is 0.417. The van der Waals surface area contributed by atoms with E-state index in [1.165, 1.54) is 0 Å². The Morgan fingerprint density at radius 1 is 1.56 bits per heavy atom. The van der Waals surface area contributed by atoms with Crippen molar-refractivity contribution in [1.29, 1.82) is 0 Å². The summed E-state index contributed by atoms with van der Waals surface area (Å²) in [7, 11) is 0. The van der Waals surface area contributed by atoms with Gasteiger partial charge in [0.05, 0.1) is 5.56 Å². The lowest BCUT2D eigenvalue weighted by molar-refractivity contribution is 0.0941. The molecule has 4 heteroatoms. The number of halogens is 1. The Kier molecular flexibility index (Phi) is 4.96. The van der Waals surface area contributed by atoms with Crippen LogP contribution in [0.2, 0.25) is 0 Å². The molecule has 1 rings (SSSR count). The van der Waals surface area contributed by atoms with E-state index in [1.807, 2.05) is 32.0 Å². The first-order valence-corrected chi connectivity index (χ1v) is 5.99. The molecule has 0 bridgehead atoms. The summed E-state index contributed by atoms with van der Waals surface area (Å²) in [6.07, 6.45) is 0. The van der Waals surface area contributed by atoms with Gasteiger partial charge < -0.3 is 10.4 Å². The summed E-state index contributed by atoms with van der Waals surface area (Å²) in [5.41, 5.74) is 1.67. The lowest BCUT2D eigenvalue weighted by atomic mass is 10.1. The Bertz CT molecular complexity index is 379. The zero-order valence-corrected chi connectivity index (χ0v) is 11.0. The molecule has 3 nitrogen and oxygen atoms in total. The lowest BCUT2D eigenvalue weighted by Crippen LogP contribution is -2.29. The molecule has 1 atom stereocenters. The first-order valence-electron chi connectivity index (χ1n) is 5.19. The van der Waals surface area contributed by atoms with Crippen molar-refractivity contribution in [2.24, 2.45) is 5.92 Å². The van der Waals surface area contributed by atoms with Crippen molar-refractivity contribution in [3.63, 3.8) is 0 Å². The van der Waals surface area contributed by atoms with E-state index in [1.54, 1.807) is 0 Å². The van der Waals surface area contributed by atoms with Crippen LogP contribution in [-0.2, 0) is 0 Å². The van der Waals surface area contributed by atoms with Crippen molar-refractivity contribution in [1.82, 2.24) is 5.32 Å². The minimum absolute atomic E-state index is 0.0764. The molecule has 0 aromatic heterocycles. The highest BCUT2D eigenvalue weighted by Gasteiger charge is 2.10. The van der Waals surface area contributed by atoms with Gasteiger partial charge in [-0.3, -0.25) is 4.79 Å². The zero-order chi connectivity index (χ0) is 12.1. The third kappa shape index (κ3) is 3.61. The zero-order valence-electron chi connectivity index (χ0n) is 9.46. The molecule has 0 saturated carbocycles. The smallest absolute Gasteiger partial charge is 0.252 e. The average molecular weight is 286 g/mol. The van der Waals surface area contributed by atoms with E-state index >= 15 is 0 Å². The molecule has 0 saturated heterocycles. The molecule has 0 heterocycles. The van der Waals surface area contributed by atoms with Crippen molar-refractivity contribution in [3.05, 3.63) is 33.8 Å². The number of carbonyl (C=O) groups is 1. The highest BCUT2D eigenvalue weighted by Crippen LogP contribution is 2.17. The highest BCUT2D eigenvalue weighted by atomic mass is 79.9. The normalized spacial score (nSPS) is 12.2. The standard InChI is InChI=1S/C12H16BrNO2/c1-8-3-4-11(13)10(5-8)12(16)14-6-9(2)7-15/h3-5,9,15H,6-7H2,1-2H3,(H,14,16). The molecule has 1 amide bonds. The Balaban J connectivity index is 2.69. The van der Waals surface area contributed by atoms with E-state index in [0.29, 0.717) is 12.1 Å². The number of hydrogen-bond acceptors (Lipinski definition) is 2. The molecule has 0 aliphatic rings. The number of amides is 1. The maximum atomic E-state index is 11.8. The second-order valence-electron chi connectivity index (χ2n) is 3.98. The minimum atomic E-state index is -0.115. The van der Waals surface area contributed by atoms with Crippen molar-refractivity contribution < 1.29 is 9.90 Å². The summed E-state index contributed by atoms with van der Waals surface area (Å²) in [6, 6.07) is 5.64. The van der Waals surface area contributed by atoms with Crippen LogP contribution in [0.3, 0.4) is 0 Å². The molecular weight excluding hydrogens is 270 g/mol. The molecule has 1 unspecified atom stereocenters. The quantitative estimate of drug-likeness (QED) is 0.890. The van der Waals surface area contributed by atoms with E-state index in [-0.39, 0.29) is 18.4 Å². The van der Waals surface area contributed by atoms with Gasteiger partial charge in [0.1, 0.15) is 0 Å². The topological polar surface area (TPSA) is 49.3 Å². The van der Waals surface area contributed by atoms with E-state index < -0.39 is 0 Å². The van der Waals surface area contributed by atoms with E-state index in [0.717, 1.165) is 10.0 Å². The van der Waals surface area contributed by atoms with Gasteiger partial charge in [0.2, 0.25) is 0 Å². The fourth-order valence-electron chi connectivity index (χ4n) is 1.24. The van der Waals surface area contributed by atoms with Crippen LogP contribution in [0.1, 0.15) is 22.8 Å². The Labute approximate surface area is 104 Å². The second-order valence-corrected chi connectivity index (χ2v) is 4.84. The summed E-state index contributed by atoms with van der Waals surface area (Å²) in [5, 5.41) is 11.6. The minimum Gasteiger partial charge on any atom is -0.396 e. The molecule has 0 radical (unpaired) electrons. The molecule has 1 aromatic carbocycles. The number of rotatable bonds is 4. The van der Waals surface area contributed by atoms with Crippen LogP contribution < -0.4 is 5.32 Å². The Hall–Kier alpha value is -0.870. The van der Waals surface area contributed by atoms with Crippen LogP contribution in [0, 0.1) is 12.8 Å². The van der Waals surface area contributed by atoms with E-state index in [4.69, 9.17) is 5.11 Å². The first-order chi connectivity index (χ1) is 7.54. The van der Waals surface area contributed by atoms with Crippen LogP contribution in [0.4, 0.5) is 0 Å². The number of aryl methyl sites for hydroxylation is 1. The van der Waals surface area contributed by atoms with E-state index in [9.17, 15) is 4.79 Å². The average Bonchev–Trinajstić information content (AvgIpc) is 2.28. The van der Waals surface area contributed by atoms with Gasteiger partial charge in [-0.05, 0) is 40.9 Å². The molecule has 2 N–H and O–H groups in total. The second kappa shape index (κ2) is 6.01. The Morgan fingerprint density at radius 3 is 2.88 bits per heavy atom. The van der Waals surface area contributed by atoms with Gasteiger partial charge >= 0.3 is 0 Å². The van der Waals surface area contributed by atoms with Crippen LogP contribution in [0.5, 0.6) is 0 Å². The molecule has 0 spiro atoms. The van der Waals surface area contributed by atoms with Gasteiger partial charge in [0, 0.05) is 17.6 Å². The van der Waals surface area contributed by atoms with Gasteiger partial charge in [-0.15, -0.1) is 0 Å². The summed E-state index contributed by atoms with van der Waals surface area (Å²) in [6.45, 7) is 4.39. The highest BCUT2D eigenvalue weighted by molar-refractivity contribution is 9.10. The van der Waals surface area contributed by atoms with Crippen LogP contribution in [0.25, 0.3) is 0 Å². The monoisotopic (exact) mass is 285 g/mol. The number of hydrogen-bond donors (Lipinski definition) is 2. The molecule has 88 valence electrons. The van der Waals surface area contributed by atoms with Crippen molar-refractivity contribution in [3.8, 4) is 0 Å². The lowest BCUT2D eigenvalue weighted by Gasteiger charge is -2.11. The SMILES string of the molecule is Cc1ccc(Br)c(C(=O)NCC(C)CO)c1. The third-order valence-electron chi connectivity index (χ3n) is 2.29. The molecule has 0 fully saturated rings. The van der Waals surface area contributed by atoms with E-state index in [2.05, 4.69) is 21.2 Å². The number of nitrogens with one attached hydrogen (secondary N) is 1. The first kappa shape index (κ1) is 13.2. The van der Waals surface area contributed by atoms with Gasteiger partial charge in [-0.1, -0.05) is 18.6 Å². The third-order valence-corrected chi connectivity index (χ3v) is 2.98. The molecule has 0 aliphatic heterocycles. The summed E-state index contributed by atoms with van der Waals surface area (Å²) < 4.78 is 0.784. The van der Waals surface area contributed by atoms with Crippen molar-refractivity contribution in [2.45, 2.75) is 13.8 Å². The maximum Gasteiger partial charge on any atom is 0.252 e. The number of benzene rings is 1.